The van der Waals surface area contributed by atoms with Gasteiger partial charge in [-0.3, -0.25) is 0 Å². The highest BCUT2D eigenvalue weighted by Crippen LogP contribution is 2.54. The zero-order valence-corrected chi connectivity index (χ0v) is 53.8. The number of hydrogen-bond donors (Lipinski definition) is 0. The SMILES string of the molecule is c1ccc(-c2cccc(-c3ccccc3)c2N2c3cc4c(cc3B3c5cc6c(cc5N(c5ccccc5)c5cc(N(c7ccccc7)c7ccccc7)cc2c53)oc2ccccc26)B2c3ccccc3N(c3ccccc3)c3cc(N(c5ccccc5)c5ccccc5)cc(c32)O4)cc1. The van der Waals surface area contributed by atoms with E-state index in [9.17, 15) is 0 Å². The van der Waals surface area contributed by atoms with Crippen LogP contribution in [-0.2, 0) is 0 Å². The minimum Gasteiger partial charge on any atom is -0.458 e. The molecule has 0 saturated carbocycles. The van der Waals surface area contributed by atoms with Crippen molar-refractivity contribution in [3.05, 3.63) is 358 Å². The fourth-order valence-electron chi connectivity index (χ4n) is 16.3. The van der Waals surface area contributed by atoms with Gasteiger partial charge in [0.25, 0.3) is 13.4 Å². The van der Waals surface area contributed by atoms with Gasteiger partial charge in [0.1, 0.15) is 22.7 Å². The predicted molar refractivity (Wildman–Crippen MR) is 414 cm³/mol. The molecule has 15 aromatic carbocycles. The van der Waals surface area contributed by atoms with Crippen molar-refractivity contribution in [2.45, 2.75) is 0 Å². The Morgan fingerprint density at radius 2 is 0.687 bits per heavy atom. The molecule has 99 heavy (non-hydrogen) atoms. The van der Waals surface area contributed by atoms with Crippen molar-refractivity contribution in [1.82, 2.24) is 0 Å². The van der Waals surface area contributed by atoms with Gasteiger partial charge < -0.3 is 33.7 Å². The van der Waals surface area contributed by atoms with E-state index in [0.29, 0.717) is 0 Å². The highest BCUT2D eigenvalue weighted by atomic mass is 16.5. The molecule has 0 aliphatic carbocycles. The smallest absolute Gasteiger partial charge is 0.256 e. The summed E-state index contributed by atoms with van der Waals surface area (Å²) in [5.41, 5.74) is 28.6. The maximum atomic E-state index is 7.97. The van der Waals surface area contributed by atoms with Crippen LogP contribution in [0.1, 0.15) is 0 Å². The standard InChI is InChI=1S/C90H59B2N5O2/c1-9-30-60(31-10-1)70-47-29-48-71(61-32-11-2-12-33-61)90(70)97-80-59-86-77(91-74-49-26-27-50-78(74)95(66-42-21-7-22-43-66)83-54-69(55-87(99-86)89(83)91)94(64-38-17-5-18-39-64)65-40-19-6-20-41-65)57-76(80)92-75-56-73-72-46-25-28-51-84(72)98-85(73)58-79(75)96(67-44-23-8-24-45-67)81-52-68(53-82(97)88(81)92)93(62-34-13-3-14-35-62)63-36-15-4-16-37-63/h1-59H. The molecule has 462 valence electrons. The van der Waals surface area contributed by atoms with Gasteiger partial charge in [0.2, 0.25) is 0 Å². The number of anilines is 15. The second-order valence-electron chi connectivity index (χ2n) is 25.9. The fraction of sp³-hybridized carbons (Fsp3) is 0. The summed E-state index contributed by atoms with van der Waals surface area (Å²) in [7, 11) is 0. The summed E-state index contributed by atoms with van der Waals surface area (Å²) in [5, 5.41) is 2.15. The van der Waals surface area contributed by atoms with Crippen LogP contribution in [0.5, 0.6) is 11.5 Å². The summed E-state index contributed by atoms with van der Waals surface area (Å²) in [4.78, 5) is 12.3. The number of ether oxygens (including phenoxy) is 1. The van der Waals surface area contributed by atoms with Gasteiger partial charge in [-0.25, -0.2) is 0 Å². The zero-order chi connectivity index (χ0) is 65.1. The molecule has 20 rings (SSSR count). The van der Waals surface area contributed by atoms with Gasteiger partial charge in [-0.2, -0.15) is 0 Å². The summed E-state index contributed by atoms with van der Waals surface area (Å²) >= 11 is 0. The molecule has 4 aliphatic rings. The Kier molecular flexibility index (Phi) is 13.0. The van der Waals surface area contributed by atoms with Crippen LogP contribution < -0.4 is 62.0 Å². The summed E-state index contributed by atoms with van der Waals surface area (Å²) < 4.78 is 14.9. The van der Waals surface area contributed by atoms with Gasteiger partial charge >= 0.3 is 0 Å². The van der Waals surface area contributed by atoms with Crippen LogP contribution in [0, 0.1) is 0 Å². The van der Waals surface area contributed by atoms with E-state index in [4.69, 9.17) is 9.15 Å². The molecule has 0 amide bonds. The van der Waals surface area contributed by atoms with E-state index in [-0.39, 0.29) is 13.4 Å². The van der Waals surface area contributed by atoms with Crippen molar-refractivity contribution in [2.24, 2.45) is 0 Å². The van der Waals surface area contributed by atoms with Crippen LogP contribution in [0.15, 0.2) is 362 Å². The van der Waals surface area contributed by atoms with Gasteiger partial charge in [0, 0.05) is 108 Å². The Balaban J connectivity index is 0.937. The van der Waals surface area contributed by atoms with E-state index >= 15 is 0 Å². The van der Waals surface area contributed by atoms with Crippen LogP contribution >= 0.6 is 0 Å². The molecular weight excluding hydrogens is 1200 g/mol. The van der Waals surface area contributed by atoms with Crippen molar-refractivity contribution in [3.63, 3.8) is 0 Å². The van der Waals surface area contributed by atoms with Gasteiger partial charge in [-0.15, -0.1) is 0 Å². The lowest BCUT2D eigenvalue weighted by Gasteiger charge is -2.46. The molecule has 16 aromatic rings. The number of rotatable bonds is 11. The number of nitrogens with zero attached hydrogens (tertiary/aromatic N) is 5. The maximum Gasteiger partial charge on any atom is 0.256 e. The van der Waals surface area contributed by atoms with Crippen LogP contribution in [0.4, 0.5) is 85.3 Å². The number of fused-ring (bicyclic) bond motifs is 11. The van der Waals surface area contributed by atoms with E-state index < -0.39 is 0 Å². The first-order valence-electron chi connectivity index (χ1n) is 34.0. The Labute approximate surface area is 575 Å². The minimum atomic E-state index is -0.326. The molecular formula is C90H59B2N5O2. The van der Waals surface area contributed by atoms with Gasteiger partial charge in [-0.05, 0) is 147 Å². The second-order valence-corrected chi connectivity index (χ2v) is 25.9. The number of hydrogen-bond acceptors (Lipinski definition) is 7. The fourth-order valence-corrected chi connectivity index (χ4v) is 16.3. The van der Waals surface area contributed by atoms with Crippen LogP contribution in [-0.4, -0.2) is 13.4 Å². The maximum absolute atomic E-state index is 7.97. The summed E-state index contributed by atoms with van der Waals surface area (Å²) in [6, 6.07) is 130. The monoisotopic (exact) mass is 1260 g/mol. The van der Waals surface area contributed by atoms with Crippen molar-refractivity contribution in [3.8, 4) is 33.8 Å². The first-order chi connectivity index (χ1) is 49.1. The third-order valence-electron chi connectivity index (χ3n) is 20.4. The quantitative estimate of drug-likeness (QED) is 0.120. The molecule has 0 fully saturated rings. The molecule has 5 heterocycles. The molecule has 0 unspecified atom stereocenters. The summed E-state index contributed by atoms with van der Waals surface area (Å²) in [6.45, 7) is -0.577. The number of furan rings is 1. The second kappa shape index (κ2) is 22.9. The summed E-state index contributed by atoms with van der Waals surface area (Å²) in [5.74, 6) is 1.59. The van der Waals surface area contributed by atoms with Crippen LogP contribution in [0.3, 0.4) is 0 Å². The van der Waals surface area contributed by atoms with E-state index in [1.807, 2.05) is 0 Å². The van der Waals surface area contributed by atoms with Crippen molar-refractivity contribution >= 4 is 153 Å². The lowest BCUT2D eigenvalue weighted by atomic mass is 9.30. The van der Waals surface area contributed by atoms with Gasteiger partial charge in [0.15, 0.2) is 0 Å². The predicted octanol–water partition coefficient (Wildman–Crippen LogP) is 20.3. The minimum absolute atomic E-state index is 0.251. The highest BCUT2D eigenvalue weighted by molar-refractivity contribution is 7.02. The molecule has 1 aromatic heterocycles. The van der Waals surface area contributed by atoms with E-state index in [0.717, 1.165) is 157 Å². The molecule has 7 nitrogen and oxygen atoms in total. The van der Waals surface area contributed by atoms with E-state index in [1.165, 1.54) is 16.4 Å². The topological polar surface area (TPSA) is 38.6 Å². The average Bonchev–Trinajstić information content (AvgIpc) is 1.14. The molecule has 0 atom stereocenters. The molecule has 9 heteroatoms. The van der Waals surface area contributed by atoms with Gasteiger partial charge in [0.05, 0.1) is 17.1 Å². The molecule has 0 bridgehead atoms. The highest BCUT2D eigenvalue weighted by Gasteiger charge is 2.49. The van der Waals surface area contributed by atoms with Crippen molar-refractivity contribution in [2.75, 3.05) is 24.5 Å². The molecule has 0 saturated heterocycles. The zero-order valence-electron chi connectivity index (χ0n) is 53.8. The third kappa shape index (κ3) is 9.01. The van der Waals surface area contributed by atoms with Crippen LogP contribution in [0.25, 0.3) is 44.2 Å². The Bertz CT molecular complexity index is 5670. The van der Waals surface area contributed by atoms with E-state index in [2.05, 4.69) is 382 Å². The third-order valence-corrected chi connectivity index (χ3v) is 20.4. The first-order valence-corrected chi connectivity index (χ1v) is 34.0. The molecule has 0 N–H and O–H groups in total. The summed E-state index contributed by atoms with van der Waals surface area (Å²) in [6.07, 6.45) is 0. The molecule has 4 aliphatic heterocycles. The van der Waals surface area contributed by atoms with Crippen molar-refractivity contribution in [1.29, 1.82) is 0 Å². The lowest BCUT2D eigenvalue weighted by molar-refractivity contribution is 0.488. The Hall–Kier alpha value is -13.0. The number of benzene rings is 15. The average molecular weight is 1260 g/mol. The molecule has 0 spiro atoms. The molecule has 0 radical (unpaired) electrons. The largest absolute Gasteiger partial charge is 0.458 e. The Morgan fingerprint density at radius 3 is 1.25 bits per heavy atom. The van der Waals surface area contributed by atoms with Gasteiger partial charge in [-0.1, -0.05) is 237 Å². The Morgan fingerprint density at radius 1 is 0.253 bits per heavy atom. The lowest BCUT2D eigenvalue weighted by Crippen LogP contribution is -2.64. The van der Waals surface area contributed by atoms with Crippen LogP contribution in [0.2, 0.25) is 0 Å². The normalized spacial score (nSPS) is 12.8. The number of para-hydroxylation sites is 9. The van der Waals surface area contributed by atoms with Crippen molar-refractivity contribution < 1.29 is 9.15 Å². The van der Waals surface area contributed by atoms with E-state index in [1.54, 1.807) is 0 Å². The first kappa shape index (κ1) is 56.4.